The van der Waals surface area contributed by atoms with Gasteiger partial charge in [-0.2, -0.15) is 0 Å². The largest absolute Gasteiger partial charge is 0.327 e. The number of hydrogen-bond acceptors (Lipinski definition) is 1. The predicted molar refractivity (Wildman–Crippen MR) is 94.7 cm³/mol. The topological polar surface area (TPSA) is 26.0 Å². The van der Waals surface area contributed by atoms with Crippen molar-refractivity contribution in [1.29, 1.82) is 0 Å². The average Bonchev–Trinajstić information content (AvgIpc) is 2.52. The fourth-order valence-corrected chi connectivity index (χ4v) is 3.20. The lowest BCUT2D eigenvalue weighted by Crippen LogP contribution is -2.28. The first-order chi connectivity index (χ1) is 10.3. The van der Waals surface area contributed by atoms with Crippen molar-refractivity contribution in [2.24, 2.45) is 5.73 Å². The highest BCUT2D eigenvalue weighted by atomic mass is 14.6. The minimum Gasteiger partial charge on any atom is -0.327 e. The Morgan fingerprint density at radius 1 is 0.810 bits per heavy atom. The van der Waals surface area contributed by atoms with E-state index in [4.69, 9.17) is 5.73 Å². The van der Waals surface area contributed by atoms with Gasteiger partial charge in [0.25, 0.3) is 0 Å². The monoisotopic (exact) mass is 289 g/mol. The molecule has 1 nitrogen and oxygen atoms in total. The van der Waals surface area contributed by atoms with Gasteiger partial charge in [0.2, 0.25) is 0 Å². The third kappa shape index (κ3) is 7.66. The normalized spacial score (nSPS) is 14.0. The van der Waals surface area contributed by atoms with E-state index in [2.05, 4.69) is 44.2 Å². The van der Waals surface area contributed by atoms with E-state index < -0.39 is 0 Å². The van der Waals surface area contributed by atoms with Crippen LogP contribution in [0, 0.1) is 0 Å². The molecule has 0 saturated heterocycles. The van der Waals surface area contributed by atoms with Crippen LogP contribution in [0.3, 0.4) is 0 Å². The Morgan fingerprint density at radius 3 is 1.95 bits per heavy atom. The van der Waals surface area contributed by atoms with E-state index in [1.807, 2.05) is 0 Å². The molecule has 0 radical (unpaired) electrons. The fraction of sp³-hybridized carbons (Fsp3) is 0.700. The zero-order chi connectivity index (χ0) is 15.3. The van der Waals surface area contributed by atoms with E-state index in [0.29, 0.717) is 12.0 Å². The highest BCUT2D eigenvalue weighted by molar-refractivity contribution is 5.20. The van der Waals surface area contributed by atoms with E-state index in [9.17, 15) is 0 Å². The van der Waals surface area contributed by atoms with Crippen molar-refractivity contribution in [1.82, 2.24) is 0 Å². The second kappa shape index (κ2) is 11.8. The molecule has 0 fully saturated rings. The maximum atomic E-state index is 6.44. The van der Waals surface area contributed by atoms with Gasteiger partial charge in [-0.05, 0) is 24.3 Å². The smallest absolute Gasteiger partial charge is 0.0108 e. The molecule has 1 aromatic rings. The number of unbranched alkanes of at least 4 members (excludes halogenated alkanes) is 7. The second-order valence-electron chi connectivity index (χ2n) is 6.35. The molecule has 0 spiro atoms. The summed E-state index contributed by atoms with van der Waals surface area (Å²) in [6, 6.07) is 11.1. The Labute approximate surface area is 132 Å². The SMILES string of the molecule is CCCCCCCCCCC(N)C(CC)c1ccccc1. The quantitative estimate of drug-likeness (QED) is 0.466. The fourth-order valence-electron chi connectivity index (χ4n) is 3.20. The molecule has 0 heterocycles. The van der Waals surface area contributed by atoms with Crippen molar-refractivity contribution in [2.75, 3.05) is 0 Å². The first-order valence-electron chi connectivity index (χ1n) is 9.10. The maximum Gasteiger partial charge on any atom is 0.0108 e. The lowest BCUT2D eigenvalue weighted by Gasteiger charge is -2.23. The van der Waals surface area contributed by atoms with Gasteiger partial charge < -0.3 is 5.73 Å². The Bertz CT molecular complexity index is 333. The van der Waals surface area contributed by atoms with Gasteiger partial charge in [-0.15, -0.1) is 0 Å². The molecule has 0 aromatic heterocycles. The molecule has 2 unspecified atom stereocenters. The van der Waals surface area contributed by atoms with Crippen LogP contribution in [-0.2, 0) is 0 Å². The van der Waals surface area contributed by atoms with Crippen LogP contribution in [0.5, 0.6) is 0 Å². The highest BCUT2D eigenvalue weighted by Crippen LogP contribution is 2.25. The van der Waals surface area contributed by atoms with Crippen molar-refractivity contribution in [3.63, 3.8) is 0 Å². The predicted octanol–water partition coefficient (Wildman–Crippen LogP) is 6.04. The first kappa shape index (κ1) is 18.2. The Balaban J connectivity index is 2.16. The Kier molecular flexibility index (Phi) is 10.2. The summed E-state index contributed by atoms with van der Waals surface area (Å²) in [5.74, 6) is 0.524. The zero-order valence-electron chi connectivity index (χ0n) is 14.2. The summed E-state index contributed by atoms with van der Waals surface area (Å²) in [7, 11) is 0. The molecular weight excluding hydrogens is 254 g/mol. The lowest BCUT2D eigenvalue weighted by molar-refractivity contribution is 0.458. The van der Waals surface area contributed by atoms with Crippen molar-refractivity contribution in [3.8, 4) is 0 Å². The molecule has 2 N–H and O–H groups in total. The highest BCUT2D eigenvalue weighted by Gasteiger charge is 2.17. The second-order valence-corrected chi connectivity index (χ2v) is 6.35. The molecular formula is C20H35N. The van der Waals surface area contributed by atoms with E-state index >= 15 is 0 Å². The molecule has 0 saturated carbocycles. The third-order valence-electron chi connectivity index (χ3n) is 4.58. The van der Waals surface area contributed by atoms with Crippen LogP contribution in [0.1, 0.15) is 89.5 Å². The molecule has 0 aliphatic heterocycles. The molecule has 0 bridgehead atoms. The summed E-state index contributed by atoms with van der Waals surface area (Å²) >= 11 is 0. The van der Waals surface area contributed by atoms with Crippen molar-refractivity contribution >= 4 is 0 Å². The van der Waals surface area contributed by atoms with Crippen LogP contribution in [0.2, 0.25) is 0 Å². The van der Waals surface area contributed by atoms with Gasteiger partial charge in [-0.1, -0.05) is 95.5 Å². The zero-order valence-corrected chi connectivity index (χ0v) is 14.2. The summed E-state index contributed by atoms with van der Waals surface area (Å²) in [6.07, 6.45) is 13.3. The molecule has 0 aliphatic rings. The lowest BCUT2D eigenvalue weighted by atomic mass is 9.87. The van der Waals surface area contributed by atoms with E-state index in [1.165, 1.54) is 63.4 Å². The van der Waals surface area contributed by atoms with Crippen LogP contribution in [0.25, 0.3) is 0 Å². The van der Waals surface area contributed by atoms with Crippen LogP contribution in [-0.4, -0.2) is 6.04 Å². The summed E-state index contributed by atoms with van der Waals surface area (Å²) in [6.45, 7) is 4.53. The average molecular weight is 290 g/mol. The van der Waals surface area contributed by atoms with E-state index in [-0.39, 0.29) is 0 Å². The number of rotatable bonds is 12. The van der Waals surface area contributed by atoms with Crippen molar-refractivity contribution < 1.29 is 0 Å². The standard InChI is InChI=1S/C20H35N/c1-3-5-6-7-8-9-10-14-17-20(21)19(4-2)18-15-12-11-13-16-18/h11-13,15-16,19-20H,3-10,14,17,21H2,1-2H3. The molecule has 2 atom stereocenters. The van der Waals surface area contributed by atoms with Crippen LogP contribution in [0.4, 0.5) is 0 Å². The molecule has 21 heavy (non-hydrogen) atoms. The molecule has 0 aliphatic carbocycles. The van der Waals surface area contributed by atoms with Crippen LogP contribution >= 0.6 is 0 Å². The van der Waals surface area contributed by atoms with E-state index in [1.54, 1.807) is 0 Å². The van der Waals surface area contributed by atoms with Gasteiger partial charge >= 0.3 is 0 Å². The molecule has 1 heteroatoms. The van der Waals surface area contributed by atoms with Gasteiger partial charge in [0.15, 0.2) is 0 Å². The minimum absolute atomic E-state index is 0.317. The van der Waals surface area contributed by atoms with E-state index in [0.717, 1.165) is 6.42 Å². The van der Waals surface area contributed by atoms with Gasteiger partial charge in [0.1, 0.15) is 0 Å². The summed E-state index contributed by atoms with van der Waals surface area (Å²) in [4.78, 5) is 0. The number of nitrogens with two attached hydrogens (primary N) is 1. The third-order valence-corrected chi connectivity index (χ3v) is 4.58. The van der Waals surface area contributed by atoms with Crippen molar-refractivity contribution in [3.05, 3.63) is 35.9 Å². The Morgan fingerprint density at radius 2 is 1.38 bits per heavy atom. The molecule has 120 valence electrons. The van der Waals surface area contributed by atoms with Crippen LogP contribution in [0.15, 0.2) is 30.3 Å². The Hall–Kier alpha value is -0.820. The first-order valence-corrected chi connectivity index (χ1v) is 9.10. The molecule has 1 aromatic carbocycles. The number of benzene rings is 1. The van der Waals surface area contributed by atoms with Crippen LogP contribution < -0.4 is 5.73 Å². The summed E-state index contributed by atoms with van der Waals surface area (Å²) < 4.78 is 0. The number of hydrogen-bond donors (Lipinski definition) is 1. The van der Waals surface area contributed by atoms with Gasteiger partial charge in [-0.3, -0.25) is 0 Å². The molecule has 1 rings (SSSR count). The molecule has 0 amide bonds. The summed E-state index contributed by atoms with van der Waals surface area (Å²) in [5, 5.41) is 0. The van der Waals surface area contributed by atoms with Gasteiger partial charge in [0, 0.05) is 6.04 Å². The summed E-state index contributed by atoms with van der Waals surface area (Å²) in [5.41, 5.74) is 7.85. The van der Waals surface area contributed by atoms with Gasteiger partial charge in [0.05, 0.1) is 0 Å². The van der Waals surface area contributed by atoms with Crippen molar-refractivity contribution in [2.45, 2.75) is 90.0 Å². The maximum absolute atomic E-state index is 6.44. The van der Waals surface area contributed by atoms with Gasteiger partial charge in [-0.25, -0.2) is 0 Å². The minimum atomic E-state index is 0.317.